The van der Waals surface area contributed by atoms with E-state index in [1.807, 2.05) is 0 Å². The number of nitrogens with zero attached hydrogens (tertiary/aromatic N) is 1. The Bertz CT molecular complexity index is 126. The molecular formula is C4H4FNS. The number of rotatable bonds is 1. The Morgan fingerprint density at radius 3 is 3.00 bits per heavy atom. The minimum Gasteiger partial charge on any atom is -0.247 e. The van der Waals surface area contributed by atoms with Crippen LogP contribution >= 0.6 is 11.3 Å². The van der Waals surface area contributed by atoms with Gasteiger partial charge in [-0.1, -0.05) is 0 Å². The lowest BCUT2D eigenvalue weighted by molar-refractivity contribution is 0.483. The monoisotopic (exact) mass is 117 g/mol. The Kier molecular flexibility index (Phi) is 1.36. The third-order valence-corrected chi connectivity index (χ3v) is 1.34. The minimum absolute atomic E-state index is 0.433. The molecule has 0 saturated carbocycles. The fraction of sp³-hybridized carbons (Fsp3) is 0.250. The predicted octanol–water partition coefficient (Wildman–Crippen LogP) is 1.61. The molecule has 1 heterocycles. The maximum Gasteiger partial charge on any atom is 0.141 e. The second kappa shape index (κ2) is 2.02. The van der Waals surface area contributed by atoms with Gasteiger partial charge >= 0.3 is 0 Å². The number of aromatic nitrogens is 1. The first-order valence-corrected chi connectivity index (χ1v) is 2.76. The van der Waals surface area contributed by atoms with Crippen molar-refractivity contribution in [1.29, 1.82) is 0 Å². The maximum absolute atomic E-state index is 11.5. The van der Waals surface area contributed by atoms with E-state index in [4.69, 9.17) is 0 Å². The zero-order chi connectivity index (χ0) is 5.11. The molecule has 0 aliphatic rings. The van der Waals surface area contributed by atoms with Crippen molar-refractivity contribution in [3.05, 3.63) is 16.6 Å². The quantitative estimate of drug-likeness (QED) is 0.544. The molecule has 0 aliphatic carbocycles. The summed E-state index contributed by atoms with van der Waals surface area (Å²) in [7, 11) is 0. The van der Waals surface area contributed by atoms with Crippen LogP contribution in [0.3, 0.4) is 0 Å². The van der Waals surface area contributed by atoms with Crippen LogP contribution in [0.15, 0.2) is 11.6 Å². The van der Waals surface area contributed by atoms with Crippen LogP contribution in [0.25, 0.3) is 0 Å². The molecule has 1 aromatic heterocycles. The normalized spacial score (nSPS) is 9.29. The fourth-order valence-electron chi connectivity index (χ4n) is 0.319. The van der Waals surface area contributed by atoms with Gasteiger partial charge in [-0.3, -0.25) is 0 Å². The largest absolute Gasteiger partial charge is 0.247 e. The molecule has 1 aromatic rings. The van der Waals surface area contributed by atoms with E-state index in [0.717, 1.165) is 0 Å². The first kappa shape index (κ1) is 4.71. The van der Waals surface area contributed by atoms with Crippen LogP contribution in [0, 0.1) is 0 Å². The SMILES string of the molecule is FCc1nccs1. The number of alkyl halides is 1. The number of hydrogen-bond acceptors (Lipinski definition) is 2. The maximum atomic E-state index is 11.5. The van der Waals surface area contributed by atoms with Gasteiger partial charge in [-0.25, -0.2) is 9.37 Å². The highest BCUT2D eigenvalue weighted by molar-refractivity contribution is 7.09. The van der Waals surface area contributed by atoms with Crippen LogP contribution in [-0.4, -0.2) is 4.98 Å². The molecule has 1 rings (SSSR count). The summed E-state index contributed by atoms with van der Waals surface area (Å²) in [6.45, 7) is -0.433. The predicted molar refractivity (Wildman–Crippen MR) is 26.9 cm³/mol. The third-order valence-electron chi connectivity index (χ3n) is 0.598. The molecule has 0 aromatic carbocycles. The zero-order valence-corrected chi connectivity index (χ0v) is 4.41. The summed E-state index contributed by atoms with van der Waals surface area (Å²) in [6.07, 6.45) is 1.60. The topological polar surface area (TPSA) is 12.9 Å². The van der Waals surface area contributed by atoms with Gasteiger partial charge < -0.3 is 0 Å². The molecular weight excluding hydrogens is 113 g/mol. The number of halogens is 1. The van der Waals surface area contributed by atoms with Gasteiger partial charge in [-0.15, -0.1) is 11.3 Å². The fourth-order valence-corrected chi connectivity index (χ4v) is 0.782. The molecule has 0 fully saturated rings. The van der Waals surface area contributed by atoms with E-state index in [-0.39, 0.29) is 0 Å². The van der Waals surface area contributed by atoms with E-state index in [0.29, 0.717) is 5.01 Å². The van der Waals surface area contributed by atoms with Crippen molar-refractivity contribution in [2.24, 2.45) is 0 Å². The molecule has 3 heteroatoms. The Morgan fingerprint density at radius 1 is 1.86 bits per heavy atom. The summed E-state index contributed by atoms with van der Waals surface area (Å²) < 4.78 is 11.5. The average Bonchev–Trinajstić information content (AvgIpc) is 2.14. The summed E-state index contributed by atoms with van der Waals surface area (Å²) in [5.41, 5.74) is 0. The molecule has 0 N–H and O–H groups in total. The highest BCUT2D eigenvalue weighted by Crippen LogP contribution is 2.03. The van der Waals surface area contributed by atoms with Gasteiger partial charge in [0.2, 0.25) is 0 Å². The van der Waals surface area contributed by atoms with Crippen LogP contribution in [0.2, 0.25) is 0 Å². The van der Waals surface area contributed by atoms with Crippen LogP contribution in [-0.2, 0) is 6.67 Å². The Balaban J connectivity index is 2.76. The molecule has 38 valence electrons. The number of hydrogen-bond donors (Lipinski definition) is 0. The van der Waals surface area contributed by atoms with Crippen molar-refractivity contribution < 1.29 is 4.39 Å². The first-order chi connectivity index (χ1) is 3.43. The summed E-state index contributed by atoms with van der Waals surface area (Å²) in [4.78, 5) is 3.68. The van der Waals surface area contributed by atoms with E-state index >= 15 is 0 Å². The highest BCUT2D eigenvalue weighted by Gasteiger charge is 1.87. The summed E-state index contributed by atoms with van der Waals surface area (Å²) in [5, 5.41) is 2.31. The highest BCUT2D eigenvalue weighted by atomic mass is 32.1. The first-order valence-electron chi connectivity index (χ1n) is 1.88. The molecule has 0 unspecified atom stereocenters. The van der Waals surface area contributed by atoms with Gasteiger partial charge in [-0.2, -0.15) is 0 Å². The van der Waals surface area contributed by atoms with Crippen molar-refractivity contribution in [2.75, 3.05) is 0 Å². The van der Waals surface area contributed by atoms with Gasteiger partial charge in [0, 0.05) is 11.6 Å². The Hall–Kier alpha value is -0.440. The van der Waals surface area contributed by atoms with Gasteiger partial charge in [0.15, 0.2) is 0 Å². The van der Waals surface area contributed by atoms with Crippen LogP contribution < -0.4 is 0 Å². The minimum atomic E-state index is -0.433. The van der Waals surface area contributed by atoms with Crippen LogP contribution in [0.4, 0.5) is 4.39 Å². The lowest BCUT2D eigenvalue weighted by Crippen LogP contribution is -1.68. The Morgan fingerprint density at radius 2 is 2.71 bits per heavy atom. The number of thiazole rings is 1. The summed E-state index contributed by atoms with van der Waals surface area (Å²) in [6, 6.07) is 0. The van der Waals surface area contributed by atoms with Gasteiger partial charge in [0.05, 0.1) is 0 Å². The average molecular weight is 117 g/mol. The van der Waals surface area contributed by atoms with Crippen molar-refractivity contribution in [3.63, 3.8) is 0 Å². The van der Waals surface area contributed by atoms with Gasteiger partial charge in [0.1, 0.15) is 11.7 Å². The molecule has 0 spiro atoms. The molecule has 0 aliphatic heterocycles. The summed E-state index contributed by atoms with van der Waals surface area (Å²) >= 11 is 1.34. The standard InChI is InChI=1S/C4H4FNS/c5-3-4-6-1-2-7-4/h1-2H,3H2. The molecule has 0 saturated heterocycles. The van der Waals surface area contributed by atoms with E-state index in [1.54, 1.807) is 11.6 Å². The molecule has 0 bridgehead atoms. The zero-order valence-electron chi connectivity index (χ0n) is 3.60. The van der Waals surface area contributed by atoms with Crippen molar-refractivity contribution in [3.8, 4) is 0 Å². The van der Waals surface area contributed by atoms with Crippen molar-refractivity contribution in [1.82, 2.24) is 4.98 Å². The third kappa shape index (κ3) is 0.962. The van der Waals surface area contributed by atoms with E-state index in [9.17, 15) is 4.39 Å². The molecule has 1 nitrogen and oxygen atoms in total. The molecule has 0 atom stereocenters. The lowest BCUT2D eigenvalue weighted by atomic mass is 10.8. The van der Waals surface area contributed by atoms with E-state index in [2.05, 4.69) is 4.98 Å². The van der Waals surface area contributed by atoms with Crippen LogP contribution in [0.1, 0.15) is 5.01 Å². The van der Waals surface area contributed by atoms with Gasteiger partial charge in [-0.05, 0) is 0 Å². The van der Waals surface area contributed by atoms with E-state index < -0.39 is 6.67 Å². The van der Waals surface area contributed by atoms with Crippen LogP contribution in [0.5, 0.6) is 0 Å². The Labute approximate surface area is 44.8 Å². The second-order valence-electron chi connectivity index (χ2n) is 1.06. The second-order valence-corrected chi connectivity index (χ2v) is 2.04. The smallest absolute Gasteiger partial charge is 0.141 e. The van der Waals surface area contributed by atoms with E-state index in [1.165, 1.54) is 11.3 Å². The van der Waals surface area contributed by atoms with Crippen molar-refractivity contribution in [2.45, 2.75) is 6.67 Å². The van der Waals surface area contributed by atoms with Gasteiger partial charge in [0.25, 0.3) is 0 Å². The molecule has 0 amide bonds. The lowest BCUT2D eigenvalue weighted by Gasteiger charge is -1.74. The molecule has 0 radical (unpaired) electrons. The molecule has 7 heavy (non-hydrogen) atoms. The van der Waals surface area contributed by atoms with Crippen molar-refractivity contribution >= 4 is 11.3 Å². The summed E-state index contributed by atoms with van der Waals surface area (Å²) in [5.74, 6) is 0.